The van der Waals surface area contributed by atoms with Crippen molar-refractivity contribution in [2.75, 3.05) is 13.3 Å². The van der Waals surface area contributed by atoms with Crippen LogP contribution in [0.25, 0.3) is 10.8 Å². The number of alkyl halides is 1. The van der Waals surface area contributed by atoms with Gasteiger partial charge in [-0.3, -0.25) is 0 Å². The molecule has 0 heterocycles. The minimum absolute atomic E-state index is 0.0632. The predicted octanol–water partition coefficient (Wildman–Crippen LogP) is 3.21. The van der Waals surface area contributed by atoms with Crippen LogP contribution in [0.3, 0.4) is 0 Å². The Hall–Kier alpha value is -1.61. The second-order valence-electron chi connectivity index (χ2n) is 4.03. The maximum Gasteiger partial charge on any atom is 0.132 e. The monoisotopic (exact) mass is 233 g/mol. The molecule has 0 aliphatic heterocycles. The van der Waals surface area contributed by atoms with E-state index in [1.54, 1.807) is 0 Å². The van der Waals surface area contributed by atoms with Gasteiger partial charge in [-0.1, -0.05) is 36.4 Å². The fraction of sp³-hybridized carbons (Fsp3) is 0.286. The average molecular weight is 233 g/mol. The van der Waals surface area contributed by atoms with Gasteiger partial charge in [0.2, 0.25) is 0 Å². The highest BCUT2D eigenvalue weighted by atomic mass is 19.1. The second-order valence-corrected chi connectivity index (χ2v) is 4.03. The normalized spacial score (nSPS) is 12.6. The fourth-order valence-electron chi connectivity index (χ4n) is 1.92. The molecule has 0 radical (unpaired) electrons. The smallest absolute Gasteiger partial charge is 0.132 e. The Morgan fingerprint density at radius 3 is 2.71 bits per heavy atom. The Morgan fingerprint density at radius 1 is 1.24 bits per heavy atom. The molecule has 0 bridgehead atoms. The molecule has 0 saturated carbocycles. The molecule has 0 aliphatic carbocycles. The molecule has 0 spiro atoms. The van der Waals surface area contributed by atoms with Crippen LogP contribution in [-0.4, -0.2) is 13.3 Å². The van der Waals surface area contributed by atoms with Crippen molar-refractivity contribution in [1.29, 1.82) is 0 Å². The lowest BCUT2D eigenvalue weighted by Crippen LogP contribution is -2.09. The molecule has 17 heavy (non-hydrogen) atoms. The van der Waals surface area contributed by atoms with Gasteiger partial charge in [0.25, 0.3) is 0 Å². The molecule has 2 N–H and O–H groups in total. The second kappa shape index (κ2) is 5.15. The Bertz CT molecular complexity index is 511. The first-order valence-electron chi connectivity index (χ1n) is 5.70. The Labute approximate surface area is 100 Å². The van der Waals surface area contributed by atoms with E-state index in [0.29, 0.717) is 5.75 Å². The van der Waals surface area contributed by atoms with Crippen LogP contribution in [0.1, 0.15) is 18.5 Å². The van der Waals surface area contributed by atoms with Gasteiger partial charge in [-0.05, 0) is 12.3 Å². The van der Waals surface area contributed by atoms with E-state index in [9.17, 15) is 4.39 Å². The van der Waals surface area contributed by atoms with Gasteiger partial charge in [0.05, 0.1) is 0 Å². The van der Waals surface area contributed by atoms with Gasteiger partial charge in [-0.25, -0.2) is 4.39 Å². The molecule has 0 unspecified atom stereocenters. The summed E-state index contributed by atoms with van der Waals surface area (Å²) in [7, 11) is 0. The van der Waals surface area contributed by atoms with Gasteiger partial charge in [0, 0.05) is 17.0 Å². The van der Waals surface area contributed by atoms with E-state index >= 15 is 0 Å². The van der Waals surface area contributed by atoms with Crippen LogP contribution in [-0.2, 0) is 0 Å². The van der Waals surface area contributed by atoms with Crippen molar-refractivity contribution in [3.05, 3.63) is 42.0 Å². The van der Waals surface area contributed by atoms with Gasteiger partial charge in [-0.2, -0.15) is 0 Å². The third kappa shape index (κ3) is 2.39. The standard InChI is InChI=1S/C14H16FNO/c1-10(16)12-7-6-11-4-2-3-5-13(11)14(12)17-9-8-15/h2-7,10H,8-9,16H2,1H3/t10-/m0/s1. The zero-order valence-corrected chi connectivity index (χ0v) is 9.82. The molecule has 2 aromatic rings. The van der Waals surface area contributed by atoms with E-state index in [0.717, 1.165) is 16.3 Å². The van der Waals surface area contributed by atoms with Crippen molar-refractivity contribution >= 4 is 10.8 Å². The van der Waals surface area contributed by atoms with E-state index in [4.69, 9.17) is 10.5 Å². The third-order valence-corrected chi connectivity index (χ3v) is 2.72. The topological polar surface area (TPSA) is 35.2 Å². The highest BCUT2D eigenvalue weighted by Gasteiger charge is 2.11. The first kappa shape index (κ1) is 11.9. The maximum atomic E-state index is 12.3. The lowest BCUT2D eigenvalue weighted by molar-refractivity contribution is 0.273. The van der Waals surface area contributed by atoms with Crippen LogP contribution in [0.4, 0.5) is 4.39 Å². The van der Waals surface area contributed by atoms with E-state index in [1.165, 1.54) is 0 Å². The predicted molar refractivity (Wildman–Crippen MR) is 68.0 cm³/mol. The summed E-state index contributed by atoms with van der Waals surface area (Å²) < 4.78 is 17.8. The molecule has 3 heteroatoms. The lowest BCUT2D eigenvalue weighted by atomic mass is 10.0. The van der Waals surface area contributed by atoms with Crippen LogP contribution in [0.5, 0.6) is 5.75 Å². The molecular formula is C14H16FNO. The number of hydrogen-bond donors (Lipinski definition) is 1. The SMILES string of the molecule is C[C@H](N)c1ccc2ccccc2c1OCCF. The van der Waals surface area contributed by atoms with Gasteiger partial charge in [0.15, 0.2) is 0 Å². The summed E-state index contributed by atoms with van der Waals surface area (Å²) in [6, 6.07) is 11.7. The van der Waals surface area contributed by atoms with Crippen molar-refractivity contribution in [3.8, 4) is 5.75 Å². The highest BCUT2D eigenvalue weighted by Crippen LogP contribution is 2.32. The molecule has 1 atom stereocenters. The molecule has 0 amide bonds. The van der Waals surface area contributed by atoms with Gasteiger partial charge in [0.1, 0.15) is 19.0 Å². The summed E-state index contributed by atoms with van der Waals surface area (Å²) in [5, 5.41) is 2.06. The first-order valence-corrected chi connectivity index (χ1v) is 5.70. The number of halogens is 1. The van der Waals surface area contributed by atoms with Crippen LogP contribution in [0, 0.1) is 0 Å². The molecule has 0 aromatic heterocycles. The van der Waals surface area contributed by atoms with Crippen molar-refractivity contribution in [3.63, 3.8) is 0 Å². The summed E-state index contributed by atoms with van der Waals surface area (Å²) in [5.41, 5.74) is 6.82. The summed E-state index contributed by atoms with van der Waals surface area (Å²) in [5.74, 6) is 0.704. The van der Waals surface area contributed by atoms with Crippen molar-refractivity contribution in [2.24, 2.45) is 5.73 Å². The van der Waals surface area contributed by atoms with Crippen LogP contribution in [0.2, 0.25) is 0 Å². The molecule has 2 nitrogen and oxygen atoms in total. The molecule has 2 rings (SSSR count). The zero-order valence-electron chi connectivity index (χ0n) is 9.82. The molecule has 0 fully saturated rings. The number of fused-ring (bicyclic) bond motifs is 1. The van der Waals surface area contributed by atoms with Crippen LogP contribution < -0.4 is 10.5 Å². The van der Waals surface area contributed by atoms with Crippen molar-refractivity contribution in [2.45, 2.75) is 13.0 Å². The van der Waals surface area contributed by atoms with Gasteiger partial charge < -0.3 is 10.5 Å². The highest BCUT2D eigenvalue weighted by molar-refractivity contribution is 5.89. The Morgan fingerprint density at radius 2 is 2.00 bits per heavy atom. The van der Waals surface area contributed by atoms with Crippen molar-refractivity contribution < 1.29 is 9.13 Å². The van der Waals surface area contributed by atoms with Crippen LogP contribution in [0.15, 0.2) is 36.4 Å². The van der Waals surface area contributed by atoms with Crippen molar-refractivity contribution in [1.82, 2.24) is 0 Å². The number of benzene rings is 2. The first-order chi connectivity index (χ1) is 8.24. The van der Waals surface area contributed by atoms with E-state index in [2.05, 4.69) is 0 Å². The maximum absolute atomic E-state index is 12.3. The molecule has 0 aliphatic rings. The summed E-state index contributed by atoms with van der Waals surface area (Å²) >= 11 is 0. The molecule has 90 valence electrons. The summed E-state index contributed by atoms with van der Waals surface area (Å²) in [4.78, 5) is 0. The van der Waals surface area contributed by atoms with Crippen LogP contribution >= 0.6 is 0 Å². The largest absolute Gasteiger partial charge is 0.490 e. The number of hydrogen-bond acceptors (Lipinski definition) is 2. The van der Waals surface area contributed by atoms with E-state index < -0.39 is 6.67 Å². The number of rotatable bonds is 4. The van der Waals surface area contributed by atoms with E-state index in [-0.39, 0.29) is 12.6 Å². The Balaban J connectivity index is 2.57. The lowest BCUT2D eigenvalue weighted by Gasteiger charge is -2.15. The zero-order chi connectivity index (χ0) is 12.3. The molecular weight excluding hydrogens is 217 g/mol. The number of ether oxygens (including phenoxy) is 1. The summed E-state index contributed by atoms with van der Waals surface area (Å²) in [6.45, 7) is 1.46. The third-order valence-electron chi connectivity index (χ3n) is 2.72. The molecule has 0 saturated heterocycles. The summed E-state index contributed by atoms with van der Waals surface area (Å²) in [6.07, 6.45) is 0. The molecule has 2 aromatic carbocycles. The minimum atomic E-state index is -0.498. The van der Waals surface area contributed by atoms with Gasteiger partial charge in [-0.15, -0.1) is 0 Å². The average Bonchev–Trinajstić information content (AvgIpc) is 2.35. The minimum Gasteiger partial charge on any atom is -0.490 e. The fourth-order valence-corrected chi connectivity index (χ4v) is 1.92. The Kier molecular flexibility index (Phi) is 3.59. The quantitative estimate of drug-likeness (QED) is 0.880. The number of nitrogens with two attached hydrogens (primary N) is 1. The van der Waals surface area contributed by atoms with Gasteiger partial charge >= 0.3 is 0 Å². The van der Waals surface area contributed by atoms with E-state index in [1.807, 2.05) is 43.3 Å².